The second-order valence-electron chi connectivity index (χ2n) is 3.63. The van der Waals surface area contributed by atoms with Gasteiger partial charge in [0.05, 0.1) is 16.6 Å². The highest BCUT2D eigenvalue weighted by Crippen LogP contribution is 2.27. The van der Waals surface area contributed by atoms with Crippen LogP contribution in [0.1, 0.15) is 25.0 Å². The van der Waals surface area contributed by atoms with E-state index in [4.69, 9.17) is 0 Å². The molecule has 0 aromatic heterocycles. The molecule has 0 radical (unpaired) electrons. The predicted octanol–water partition coefficient (Wildman–Crippen LogP) is 2.16. The van der Waals surface area contributed by atoms with Crippen LogP contribution in [-0.2, 0) is 4.79 Å². The van der Waals surface area contributed by atoms with E-state index in [0.29, 0.717) is 11.9 Å². The van der Waals surface area contributed by atoms with Crippen LogP contribution in [0, 0.1) is 10.1 Å². The summed E-state index contributed by atoms with van der Waals surface area (Å²) in [6, 6.07) is 6.02. The summed E-state index contributed by atoms with van der Waals surface area (Å²) in [5.41, 5.74) is 0.632. The van der Waals surface area contributed by atoms with Gasteiger partial charge in [-0.1, -0.05) is 18.2 Å². The Morgan fingerprint density at radius 3 is 2.76 bits per heavy atom. The number of carbonyl (C=O) groups excluding carboxylic acids is 1. The number of hydrogen-bond donors (Lipinski definition) is 1. The number of carbonyl (C=O) groups is 1. The van der Waals surface area contributed by atoms with E-state index in [1.165, 1.54) is 12.1 Å². The zero-order valence-corrected chi connectivity index (χ0v) is 9.37. The van der Waals surface area contributed by atoms with Gasteiger partial charge in [-0.05, 0) is 25.0 Å². The second-order valence-corrected chi connectivity index (χ2v) is 3.63. The molecule has 0 fully saturated rings. The van der Waals surface area contributed by atoms with Gasteiger partial charge in [0.25, 0.3) is 5.69 Å². The summed E-state index contributed by atoms with van der Waals surface area (Å²) in [6.07, 6.45) is 1.42. The highest BCUT2D eigenvalue weighted by Gasteiger charge is 2.18. The Balaban J connectivity index is 2.92. The van der Waals surface area contributed by atoms with Gasteiger partial charge < -0.3 is 5.11 Å². The van der Waals surface area contributed by atoms with E-state index in [-0.39, 0.29) is 17.7 Å². The van der Waals surface area contributed by atoms with Crippen molar-refractivity contribution in [3.63, 3.8) is 0 Å². The van der Waals surface area contributed by atoms with Gasteiger partial charge in [-0.3, -0.25) is 14.9 Å². The molecule has 1 N–H and O–H groups in total. The van der Waals surface area contributed by atoms with Crippen molar-refractivity contribution in [3.05, 3.63) is 51.6 Å². The van der Waals surface area contributed by atoms with E-state index in [0.717, 1.165) is 0 Å². The maximum Gasteiger partial charge on any atom is 0.275 e. The molecule has 0 heterocycles. The molecule has 0 aliphatic rings. The van der Waals surface area contributed by atoms with Crippen LogP contribution >= 0.6 is 0 Å². The van der Waals surface area contributed by atoms with Gasteiger partial charge >= 0.3 is 0 Å². The van der Waals surface area contributed by atoms with E-state index < -0.39 is 11.0 Å². The Morgan fingerprint density at radius 1 is 1.53 bits per heavy atom. The zero-order chi connectivity index (χ0) is 12.8. The van der Waals surface area contributed by atoms with Crippen molar-refractivity contribution in [2.24, 2.45) is 0 Å². The lowest BCUT2D eigenvalue weighted by atomic mass is 10.0. The summed E-state index contributed by atoms with van der Waals surface area (Å²) in [5.74, 6) is 0. The third-order valence-corrected chi connectivity index (χ3v) is 2.34. The molecule has 17 heavy (non-hydrogen) atoms. The molecule has 1 aromatic carbocycles. The molecule has 0 amide bonds. The Morgan fingerprint density at radius 2 is 2.18 bits per heavy atom. The smallest absolute Gasteiger partial charge is 0.275 e. The summed E-state index contributed by atoms with van der Waals surface area (Å²) in [4.78, 5) is 20.6. The Hall–Kier alpha value is -2.01. The van der Waals surface area contributed by atoms with Crippen LogP contribution in [0.2, 0.25) is 0 Å². The quantitative estimate of drug-likeness (QED) is 0.367. The Kier molecular flexibility index (Phi) is 4.54. The van der Waals surface area contributed by atoms with Gasteiger partial charge in [-0.2, -0.15) is 0 Å². The number of para-hydroxylation sites is 1. The van der Waals surface area contributed by atoms with Gasteiger partial charge in [-0.25, -0.2) is 0 Å². The van der Waals surface area contributed by atoms with Crippen LogP contribution < -0.4 is 0 Å². The molecule has 0 aliphatic carbocycles. The standard InChI is InChI=1S/C12H13NO4/c1-9(8-14)6-7-12(15)10-4-2-3-5-11(10)13(16)17/h2-6,8,12,15H,7H2,1H3/b9-6+. The van der Waals surface area contributed by atoms with E-state index >= 15 is 0 Å². The fraction of sp³-hybridized carbons (Fsp3) is 0.250. The Labute approximate surface area is 98.5 Å². The third-order valence-electron chi connectivity index (χ3n) is 2.34. The Bertz CT molecular complexity index is 454. The van der Waals surface area contributed by atoms with Crippen LogP contribution in [0.3, 0.4) is 0 Å². The average molecular weight is 235 g/mol. The fourth-order valence-electron chi connectivity index (χ4n) is 1.41. The van der Waals surface area contributed by atoms with E-state index in [9.17, 15) is 20.0 Å². The lowest BCUT2D eigenvalue weighted by Gasteiger charge is -2.08. The minimum Gasteiger partial charge on any atom is -0.388 e. The van der Waals surface area contributed by atoms with Crippen molar-refractivity contribution in [2.45, 2.75) is 19.4 Å². The van der Waals surface area contributed by atoms with Crippen LogP contribution in [0.25, 0.3) is 0 Å². The topological polar surface area (TPSA) is 80.4 Å². The predicted molar refractivity (Wildman–Crippen MR) is 62.5 cm³/mol. The summed E-state index contributed by atoms with van der Waals surface area (Å²) in [6.45, 7) is 1.61. The van der Waals surface area contributed by atoms with E-state index in [1.807, 2.05) is 0 Å². The number of hydrogen-bond acceptors (Lipinski definition) is 4. The number of nitro benzene ring substituents is 1. The van der Waals surface area contributed by atoms with Crippen LogP contribution in [-0.4, -0.2) is 16.3 Å². The van der Waals surface area contributed by atoms with Gasteiger partial charge in [0.2, 0.25) is 0 Å². The van der Waals surface area contributed by atoms with Crippen molar-refractivity contribution in [1.29, 1.82) is 0 Å². The number of aldehydes is 1. The summed E-state index contributed by atoms with van der Waals surface area (Å²) < 4.78 is 0. The first-order valence-electron chi connectivity index (χ1n) is 5.09. The number of benzene rings is 1. The molecule has 1 unspecified atom stereocenters. The summed E-state index contributed by atoms with van der Waals surface area (Å²) >= 11 is 0. The molecule has 0 saturated carbocycles. The molecule has 5 heteroatoms. The largest absolute Gasteiger partial charge is 0.388 e. The first-order valence-corrected chi connectivity index (χ1v) is 5.09. The highest BCUT2D eigenvalue weighted by atomic mass is 16.6. The fourth-order valence-corrected chi connectivity index (χ4v) is 1.41. The normalized spacial score (nSPS) is 13.2. The van der Waals surface area contributed by atoms with Crippen molar-refractivity contribution in [2.75, 3.05) is 0 Å². The average Bonchev–Trinajstić information content (AvgIpc) is 2.35. The molecule has 0 aliphatic heterocycles. The highest BCUT2D eigenvalue weighted by molar-refractivity contribution is 5.71. The lowest BCUT2D eigenvalue weighted by Crippen LogP contribution is -2.01. The molecule has 90 valence electrons. The number of aliphatic hydroxyl groups excluding tert-OH is 1. The maximum atomic E-state index is 10.7. The third kappa shape index (κ3) is 3.49. The first-order chi connectivity index (χ1) is 8.06. The van der Waals surface area contributed by atoms with E-state index in [2.05, 4.69) is 0 Å². The maximum absolute atomic E-state index is 10.7. The summed E-state index contributed by atoms with van der Waals surface area (Å²) in [5, 5.41) is 20.6. The van der Waals surface area contributed by atoms with Crippen molar-refractivity contribution >= 4 is 12.0 Å². The van der Waals surface area contributed by atoms with Crippen LogP contribution in [0.4, 0.5) is 5.69 Å². The van der Waals surface area contributed by atoms with Gasteiger partial charge in [0, 0.05) is 6.07 Å². The van der Waals surface area contributed by atoms with Gasteiger partial charge in [-0.15, -0.1) is 0 Å². The molecule has 0 saturated heterocycles. The minimum absolute atomic E-state index is 0.114. The molecule has 5 nitrogen and oxygen atoms in total. The van der Waals surface area contributed by atoms with Crippen LogP contribution in [0.5, 0.6) is 0 Å². The molecule has 1 rings (SSSR count). The van der Waals surface area contributed by atoms with Gasteiger partial charge in [0.15, 0.2) is 0 Å². The molecule has 0 bridgehead atoms. The van der Waals surface area contributed by atoms with Gasteiger partial charge in [0.1, 0.15) is 6.29 Å². The first kappa shape index (κ1) is 13.1. The molecular weight excluding hydrogens is 222 g/mol. The number of nitro groups is 1. The SMILES string of the molecule is C/C(C=O)=C\CC(O)c1ccccc1[N+](=O)[O-]. The molecule has 1 atom stereocenters. The van der Waals surface area contributed by atoms with Crippen molar-refractivity contribution in [1.82, 2.24) is 0 Å². The molecule has 1 aromatic rings. The van der Waals surface area contributed by atoms with Crippen LogP contribution in [0.15, 0.2) is 35.9 Å². The monoisotopic (exact) mass is 235 g/mol. The van der Waals surface area contributed by atoms with Crippen molar-refractivity contribution in [3.8, 4) is 0 Å². The lowest BCUT2D eigenvalue weighted by molar-refractivity contribution is -0.386. The zero-order valence-electron chi connectivity index (χ0n) is 9.37. The number of nitrogens with zero attached hydrogens (tertiary/aromatic N) is 1. The minimum atomic E-state index is -0.980. The number of allylic oxidation sites excluding steroid dienone is 1. The number of rotatable bonds is 5. The van der Waals surface area contributed by atoms with E-state index in [1.54, 1.807) is 25.1 Å². The summed E-state index contributed by atoms with van der Waals surface area (Å²) in [7, 11) is 0. The van der Waals surface area contributed by atoms with Crippen molar-refractivity contribution < 1.29 is 14.8 Å². The number of aliphatic hydroxyl groups is 1. The molecule has 0 spiro atoms. The molecular formula is C12H13NO4. The second kappa shape index (κ2) is 5.91.